The number of ketones is 1. The average molecular weight is 307 g/mol. The molecule has 0 fully saturated rings. The van der Waals surface area contributed by atoms with E-state index in [1.54, 1.807) is 11.8 Å². The molecule has 21 heavy (non-hydrogen) atoms. The second-order valence-electron chi connectivity index (χ2n) is 5.03. The van der Waals surface area contributed by atoms with E-state index in [1.165, 1.54) is 0 Å². The van der Waals surface area contributed by atoms with Gasteiger partial charge in [0, 0.05) is 19.9 Å². The molecule has 1 aromatic carbocycles. The SMILES string of the molecule is COc1ccc(CCC(=O)Cc2c(Cl)c(C)nn2C)cc1. The number of rotatable bonds is 6. The lowest BCUT2D eigenvalue weighted by Crippen LogP contribution is -2.08. The van der Waals surface area contributed by atoms with E-state index < -0.39 is 0 Å². The fourth-order valence-electron chi connectivity index (χ4n) is 2.22. The van der Waals surface area contributed by atoms with E-state index in [4.69, 9.17) is 16.3 Å². The highest BCUT2D eigenvalue weighted by Crippen LogP contribution is 2.20. The summed E-state index contributed by atoms with van der Waals surface area (Å²) in [7, 11) is 3.45. The van der Waals surface area contributed by atoms with Gasteiger partial charge in [0.2, 0.25) is 0 Å². The number of benzene rings is 1. The molecule has 2 aromatic rings. The van der Waals surface area contributed by atoms with Gasteiger partial charge in [0.1, 0.15) is 11.5 Å². The number of methoxy groups -OCH3 is 1. The highest BCUT2D eigenvalue weighted by molar-refractivity contribution is 6.32. The van der Waals surface area contributed by atoms with E-state index >= 15 is 0 Å². The van der Waals surface area contributed by atoms with Gasteiger partial charge in [0.15, 0.2) is 0 Å². The second-order valence-corrected chi connectivity index (χ2v) is 5.41. The van der Waals surface area contributed by atoms with Crippen molar-refractivity contribution < 1.29 is 9.53 Å². The molecule has 1 aromatic heterocycles. The Balaban J connectivity index is 1.92. The summed E-state index contributed by atoms with van der Waals surface area (Å²) >= 11 is 6.16. The molecule has 4 nitrogen and oxygen atoms in total. The number of carbonyl (C=O) groups excluding carboxylic acids is 1. The van der Waals surface area contributed by atoms with Gasteiger partial charge in [-0.1, -0.05) is 23.7 Å². The number of Topliss-reactive ketones (excluding diaryl/α,β-unsaturated/α-hetero) is 1. The zero-order valence-corrected chi connectivity index (χ0v) is 13.3. The van der Waals surface area contributed by atoms with Crippen molar-refractivity contribution in [3.8, 4) is 5.75 Å². The molecule has 2 rings (SSSR count). The normalized spacial score (nSPS) is 10.7. The van der Waals surface area contributed by atoms with Crippen molar-refractivity contribution in [2.45, 2.75) is 26.2 Å². The van der Waals surface area contributed by atoms with Gasteiger partial charge in [-0.3, -0.25) is 9.48 Å². The molecule has 0 amide bonds. The van der Waals surface area contributed by atoms with E-state index in [9.17, 15) is 4.79 Å². The van der Waals surface area contributed by atoms with Crippen molar-refractivity contribution in [3.63, 3.8) is 0 Å². The molecule has 1 heterocycles. The van der Waals surface area contributed by atoms with Crippen LogP contribution in [0.4, 0.5) is 0 Å². The monoisotopic (exact) mass is 306 g/mol. The van der Waals surface area contributed by atoms with E-state index in [0.717, 1.165) is 29.1 Å². The smallest absolute Gasteiger partial charge is 0.139 e. The van der Waals surface area contributed by atoms with Gasteiger partial charge < -0.3 is 4.74 Å². The van der Waals surface area contributed by atoms with Gasteiger partial charge in [-0.15, -0.1) is 0 Å². The Morgan fingerprint density at radius 1 is 1.33 bits per heavy atom. The highest BCUT2D eigenvalue weighted by atomic mass is 35.5. The summed E-state index contributed by atoms with van der Waals surface area (Å²) in [5, 5.41) is 4.81. The van der Waals surface area contributed by atoms with Gasteiger partial charge in [-0.05, 0) is 31.0 Å². The molecule has 112 valence electrons. The second kappa shape index (κ2) is 6.76. The van der Waals surface area contributed by atoms with Crippen molar-refractivity contribution in [2.75, 3.05) is 7.11 Å². The summed E-state index contributed by atoms with van der Waals surface area (Å²) in [6.07, 6.45) is 1.54. The molecule has 0 bridgehead atoms. The van der Waals surface area contributed by atoms with Gasteiger partial charge in [-0.2, -0.15) is 5.10 Å². The van der Waals surface area contributed by atoms with Gasteiger partial charge in [0.25, 0.3) is 0 Å². The van der Waals surface area contributed by atoms with E-state index in [0.29, 0.717) is 17.9 Å². The zero-order chi connectivity index (χ0) is 15.4. The Morgan fingerprint density at radius 3 is 2.52 bits per heavy atom. The number of ether oxygens (including phenoxy) is 1. The number of aromatic nitrogens is 2. The molecule has 0 spiro atoms. The first-order chi connectivity index (χ1) is 10.0. The first-order valence-electron chi connectivity index (χ1n) is 6.84. The third-order valence-corrected chi connectivity index (χ3v) is 3.97. The van der Waals surface area contributed by atoms with Crippen LogP contribution < -0.4 is 4.74 Å². The molecule has 0 radical (unpaired) electrons. The molecule has 0 N–H and O–H groups in total. The minimum absolute atomic E-state index is 0.163. The predicted molar refractivity (Wildman–Crippen MR) is 83.0 cm³/mol. The Labute approximate surface area is 129 Å². The third-order valence-electron chi connectivity index (χ3n) is 3.48. The Bertz CT molecular complexity index is 632. The molecule has 0 aliphatic carbocycles. The largest absolute Gasteiger partial charge is 0.497 e. The van der Waals surface area contributed by atoms with Crippen LogP contribution in [0.2, 0.25) is 5.02 Å². The zero-order valence-electron chi connectivity index (χ0n) is 12.5. The van der Waals surface area contributed by atoms with Crippen molar-refractivity contribution in [2.24, 2.45) is 7.05 Å². The average Bonchev–Trinajstić information content (AvgIpc) is 2.72. The standard InChI is InChI=1S/C16H19ClN2O2/c1-11-16(17)15(19(2)18-11)10-13(20)7-4-12-5-8-14(21-3)9-6-12/h5-6,8-9H,4,7,10H2,1-3H3. The molecule has 0 saturated carbocycles. The van der Waals surface area contributed by atoms with Crippen molar-refractivity contribution in [1.82, 2.24) is 9.78 Å². The maximum atomic E-state index is 12.1. The molecule has 0 aliphatic heterocycles. The van der Waals surface area contributed by atoms with E-state index in [2.05, 4.69) is 5.10 Å². The molecule has 0 aliphatic rings. The first kappa shape index (κ1) is 15.6. The van der Waals surface area contributed by atoms with Crippen LogP contribution in [-0.4, -0.2) is 22.7 Å². The van der Waals surface area contributed by atoms with Crippen molar-refractivity contribution in [1.29, 1.82) is 0 Å². The summed E-state index contributed by atoms with van der Waals surface area (Å²) in [6, 6.07) is 7.77. The van der Waals surface area contributed by atoms with Crippen molar-refractivity contribution in [3.05, 3.63) is 46.2 Å². The summed E-state index contributed by atoms with van der Waals surface area (Å²) in [5.41, 5.74) is 2.67. The lowest BCUT2D eigenvalue weighted by molar-refractivity contribution is -0.118. The number of hydrogen-bond acceptors (Lipinski definition) is 3. The van der Waals surface area contributed by atoms with E-state index in [1.807, 2.05) is 38.2 Å². The Hall–Kier alpha value is -1.81. The van der Waals surface area contributed by atoms with Gasteiger partial charge >= 0.3 is 0 Å². The number of nitrogens with zero attached hydrogens (tertiary/aromatic N) is 2. The van der Waals surface area contributed by atoms with E-state index in [-0.39, 0.29) is 5.78 Å². The number of aryl methyl sites for hydroxylation is 3. The Kier molecular flexibility index (Phi) is 5.02. The molecular formula is C16H19ClN2O2. The van der Waals surface area contributed by atoms with Crippen LogP contribution in [0.3, 0.4) is 0 Å². The predicted octanol–water partition coefficient (Wildman–Crippen LogP) is 3.13. The molecular weight excluding hydrogens is 288 g/mol. The summed E-state index contributed by atoms with van der Waals surface area (Å²) in [6.45, 7) is 1.84. The fourth-order valence-corrected chi connectivity index (χ4v) is 2.45. The molecule has 0 saturated heterocycles. The number of carbonyl (C=O) groups is 1. The summed E-state index contributed by atoms with van der Waals surface area (Å²) in [4.78, 5) is 12.1. The van der Waals surface area contributed by atoms with Crippen LogP contribution in [-0.2, 0) is 24.7 Å². The van der Waals surface area contributed by atoms with Crippen LogP contribution in [0.1, 0.15) is 23.4 Å². The highest BCUT2D eigenvalue weighted by Gasteiger charge is 2.14. The minimum Gasteiger partial charge on any atom is -0.497 e. The van der Waals surface area contributed by atoms with Crippen LogP contribution in [0.5, 0.6) is 5.75 Å². The molecule has 0 unspecified atom stereocenters. The maximum absolute atomic E-state index is 12.1. The Morgan fingerprint density at radius 2 is 2.00 bits per heavy atom. The first-order valence-corrected chi connectivity index (χ1v) is 7.21. The van der Waals surface area contributed by atoms with Crippen LogP contribution in [0.25, 0.3) is 0 Å². The van der Waals surface area contributed by atoms with Gasteiger partial charge in [-0.25, -0.2) is 0 Å². The number of hydrogen-bond donors (Lipinski definition) is 0. The molecule has 5 heteroatoms. The topological polar surface area (TPSA) is 44.1 Å². The van der Waals surface area contributed by atoms with Crippen molar-refractivity contribution >= 4 is 17.4 Å². The lowest BCUT2D eigenvalue weighted by Gasteiger charge is -2.04. The fraction of sp³-hybridized carbons (Fsp3) is 0.375. The summed E-state index contributed by atoms with van der Waals surface area (Å²) in [5.74, 6) is 0.984. The summed E-state index contributed by atoms with van der Waals surface area (Å²) < 4.78 is 6.79. The number of halogens is 1. The van der Waals surface area contributed by atoms with Crippen LogP contribution in [0, 0.1) is 6.92 Å². The molecule has 0 atom stereocenters. The minimum atomic E-state index is 0.163. The third kappa shape index (κ3) is 3.85. The maximum Gasteiger partial charge on any atom is 0.139 e. The van der Waals surface area contributed by atoms with Crippen LogP contribution >= 0.6 is 11.6 Å². The van der Waals surface area contributed by atoms with Gasteiger partial charge in [0.05, 0.1) is 23.5 Å². The van der Waals surface area contributed by atoms with Crippen LogP contribution in [0.15, 0.2) is 24.3 Å². The lowest BCUT2D eigenvalue weighted by atomic mass is 10.0. The quantitative estimate of drug-likeness (QED) is 0.823.